The van der Waals surface area contributed by atoms with Crippen LogP contribution in [0.2, 0.25) is 0 Å². The standard InChI is InChI=1S/C14H10O4.2K.H2O8S2/c15-13(11-7-3-1-4-8-11)17-18-14(16)12-9-5-2-6-10-12;;;1-9(2,3)7-8-10(4,5)6/h1-10H;;;(H,1,2,3)(H,4,5,6)/q;2*+1;/p-2. The van der Waals surface area contributed by atoms with Crippen LogP contribution in [0.1, 0.15) is 20.7 Å². The minimum atomic E-state index is -5.31. The SMILES string of the molecule is O=C(OOC(=O)c1ccccc1)c1ccccc1.O=S(=O)([O-])OOS(=O)(=O)[O-].[K+].[K+]. The van der Waals surface area contributed by atoms with Gasteiger partial charge in [-0.15, -0.1) is 8.67 Å². The Hall–Kier alpha value is 0.393. The molecule has 2 aromatic carbocycles. The van der Waals surface area contributed by atoms with Gasteiger partial charge in [0.1, 0.15) is 0 Å². The molecule has 0 heterocycles. The molecule has 2 aromatic rings. The molecule has 30 heavy (non-hydrogen) atoms. The monoisotopic (exact) mass is 512 g/mol. The number of hydrogen-bond donors (Lipinski definition) is 0. The maximum Gasteiger partial charge on any atom is 1.00 e. The molecule has 12 nitrogen and oxygen atoms in total. The van der Waals surface area contributed by atoms with E-state index in [1.54, 1.807) is 60.7 Å². The molecular weight excluding hydrogens is 502 g/mol. The fraction of sp³-hybridized carbons (Fsp3) is 0. The van der Waals surface area contributed by atoms with E-state index in [1.807, 2.05) is 0 Å². The van der Waals surface area contributed by atoms with Crippen LogP contribution >= 0.6 is 0 Å². The molecule has 0 N–H and O–H groups in total. The summed E-state index contributed by atoms with van der Waals surface area (Å²) in [5, 5.41) is 0. The summed E-state index contributed by atoms with van der Waals surface area (Å²) in [6, 6.07) is 16.6. The number of hydrogen-bond acceptors (Lipinski definition) is 12. The third-order valence-electron chi connectivity index (χ3n) is 2.41. The summed E-state index contributed by atoms with van der Waals surface area (Å²) in [6.45, 7) is 0. The van der Waals surface area contributed by atoms with Gasteiger partial charge in [-0.25, -0.2) is 36.2 Å². The number of carbonyl (C=O) groups is 2. The summed E-state index contributed by atoms with van der Waals surface area (Å²) in [6.07, 6.45) is 0. The summed E-state index contributed by atoms with van der Waals surface area (Å²) in [5.74, 6) is -1.42. The molecule has 0 atom stereocenters. The molecule has 0 saturated heterocycles. The molecule has 0 saturated carbocycles. The number of benzene rings is 2. The Balaban J connectivity index is 0. The predicted octanol–water partition coefficient (Wildman–Crippen LogP) is -5.52. The van der Waals surface area contributed by atoms with E-state index in [0.717, 1.165) is 0 Å². The van der Waals surface area contributed by atoms with Crippen molar-refractivity contribution in [1.29, 1.82) is 0 Å². The number of rotatable bonds is 5. The van der Waals surface area contributed by atoms with Crippen LogP contribution in [0.15, 0.2) is 60.7 Å². The fourth-order valence-electron chi connectivity index (χ4n) is 1.39. The molecule has 16 heteroatoms. The Morgan fingerprint density at radius 1 is 0.600 bits per heavy atom. The first-order valence-corrected chi connectivity index (χ1v) is 9.47. The van der Waals surface area contributed by atoms with E-state index in [2.05, 4.69) is 18.4 Å². The van der Waals surface area contributed by atoms with Crippen LogP contribution in [-0.2, 0) is 39.2 Å². The first kappa shape index (κ1) is 32.6. The smallest absolute Gasteiger partial charge is 0.724 e. The average Bonchev–Trinajstić information content (AvgIpc) is 2.65. The van der Waals surface area contributed by atoms with E-state index in [-0.39, 0.29) is 103 Å². The van der Waals surface area contributed by atoms with Crippen molar-refractivity contribution in [1.82, 2.24) is 0 Å². The zero-order chi connectivity index (χ0) is 21.2. The Morgan fingerprint density at radius 3 is 1.10 bits per heavy atom. The van der Waals surface area contributed by atoms with Crippen molar-refractivity contribution in [3.8, 4) is 0 Å². The van der Waals surface area contributed by atoms with Crippen LogP contribution in [-0.4, -0.2) is 37.9 Å². The van der Waals surface area contributed by atoms with Gasteiger partial charge in [0.2, 0.25) is 20.8 Å². The topological polar surface area (TPSA) is 185 Å². The predicted molar refractivity (Wildman–Crippen MR) is 85.3 cm³/mol. The second kappa shape index (κ2) is 16.1. The van der Waals surface area contributed by atoms with Crippen molar-refractivity contribution in [3.63, 3.8) is 0 Å². The van der Waals surface area contributed by atoms with E-state index >= 15 is 0 Å². The van der Waals surface area contributed by atoms with Crippen molar-refractivity contribution in [2.24, 2.45) is 0 Å². The molecule has 0 radical (unpaired) electrons. The van der Waals surface area contributed by atoms with Gasteiger partial charge < -0.3 is 9.11 Å². The summed E-state index contributed by atoms with van der Waals surface area (Å²) >= 11 is 0. The van der Waals surface area contributed by atoms with Gasteiger partial charge in [-0.3, -0.25) is 0 Å². The Kier molecular flexibility index (Phi) is 17.5. The fourth-order valence-corrected chi connectivity index (χ4v) is 1.93. The van der Waals surface area contributed by atoms with E-state index in [4.69, 9.17) is 0 Å². The van der Waals surface area contributed by atoms with Crippen molar-refractivity contribution < 1.29 is 157 Å². The molecule has 0 amide bonds. The number of carbonyl (C=O) groups excluding carboxylic acids is 2. The first-order chi connectivity index (χ1) is 13.0. The van der Waals surface area contributed by atoms with Crippen LogP contribution in [0.25, 0.3) is 0 Å². The normalized spacial score (nSPS) is 10.2. The minimum Gasteiger partial charge on any atom is -0.724 e. The molecule has 0 spiro atoms. The van der Waals surface area contributed by atoms with Crippen LogP contribution in [0.4, 0.5) is 0 Å². The maximum atomic E-state index is 11.5. The van der Waals surface area contributed by atoms with Gasteiger partial charge in [0, 0.05) is 0 Å². The zero-order valence-electron chi connectivity index (χ0n) is 15.5. The molecule has 152 valence electrons. The second-order valence-electron chi connectivity index (χ2n) is 4.43. The van der Waals surface area contributed by atoms with Gasteiger partial charge in [-0.2, -0.15) is 0 Å². The molecule has 0 bridgehead atoms. The van der Waals surface area contributed by atoms with Crippen LogP contribution in [0.3, 0.4) is 0 Å². The largest absolute Gasteiger partial charge is 1.00 e. The van der Waals surface area contributed by atoms with Crippen molar-refractivity contribution in [2.75, 3.05) is 0 Å². The third kappa shape index (κ3) is 16.1. The van der Waals surface area contributed by atoms with Gasteiger partial charge in [0.25, 0.3) is 0 Å². The molecule has 0 aliphatic heterocycles. The molecular formula is C14H10K2O12S2. The minimum absolute atomic E-state index is 0. The Labute approximate surface area is 256 Å². The molecule has 0 aliphatic carbocycles. The van der Waals surface area contributed by atoms with E-state index in [9.17, 15) is 35.5 Å². The van der Waals surface area contributed by atoms with Gasteiger partial charge in [0.05, 0.1) is 11.1 Å². The van der Waals surface area contributed by atoms with Crippen molar-refractivity contribution in [3.05, 3.63) is 71.8 Å². The summed E-state index contributed by atoms with van der Waals surface area (Å²) in [5.41, 5.74) is 0.636. The molecule has 0 unspecified atom stereocenters. The van der Waals surface area contributed by atoms with Gasteiger partial charge in [-0.05, 0) is 24.3 Å². The van der Waals surface area contributed by atoms with E-state index in [0.29, 0.717) is 11.1 Å². The molecule has 0 aliphatic rings. The summed E-state index contributed by atoms with van der Waals surface area (Å²) < 4.78 is 61.5. The zero-order valence-corrected chi connectivity index (χ0v) is 23.4. The second-order valence-corrected chi connectivity index (χ2v) is 6.33. The molecule has 2 rings (SSSR count). The van der Waals surface area contributed by atoms with E-state index in [1.165, 1.54) is 0 Å². The Bertz CT molecular complexity index is 912. The van der Waals surface area contributed by atoms with Gasteiger partial charge >= 0.3 is 115 Å². The summed E-state index contributed by atoms with van der Waals surface area (Å²) in [7, 11) is -10.6. The van der Waals surface area contributed by atoms with Crippen LogP contribution < -0.4 is 103 Å². The first-order valence-electron chi connectivity index (χ1n) is 6.80. The van der Waals surface area contributed by atoms with Gasteiger partial charge in [0.15, 0.2) is 0 Å². The maximum absolute atomic E-state index is 11.5. The molecule has 0 fully saturated rings. The molecule has 0 aromatic heterocycles. The quantitative estimate of drug-likeness (QED) is 0.122. The van der Waals surface area contributed by atoms with Crippen LogP contribution in [0.5, 0.6) is 0 Å². The third-order valence-corrected chi connectivity index (χ3v) is 2.96. The van der Waals surface area contributed by atoms with Crippen molar-refractivity contribution in [2.45, 2.75) is 0 Å². The Morgan fingerprint density at radius 2 is 0.867 bits per heavy atom. The average molecular weight is 513 g/mol. The van der Waals surface area contributed by atoms with Crippen LogP contribution in [0, 0.1) is 0 Å². The summed E-state index contributed by atoms with van der Waals surface area (Å²) in [4.78, 5) is 31.9. The van der Waals surface area contributed by atoms with Crippen molar-refractivity contribution >= 4 is 32.7 Å². The van der Waals surface area contributed by atoms with E-state index < -0.39 is 32.7 Å². The van der Waals surface area contributed by atoms with Gasteiger partial charge in [-0.1, -0.05) is 36.4 Å².